The van der Waals surface area contributed by atoms with Crippen LogP contribution in [0.15, 0.2) is 53.3 Å². The summed E-state index contributed by atoms with van der Waals surface area (Å²) < 4.78 is 7.48. The first kappa shape index (κ1) is 19.7. The zero-order valence-corrected chi connectivity index (χ0v) is 17.7. The summed E-state index contributed by atoms with van der Waals surface area (Å²) in [5, 5.41) is 0. The van der Waals surface area contributed by atoms with Gasteiger partial charge in [0.1, 0.15) is 0 Å². The first-order valence-electron chi connectivity index (χ1n) is 11.1. The topological polar surface area (TPSA) is 37.7 Å². The molecule has 2 atom stereocenters. The molecule has 0 unspecified atom stereocenters. The van der Waals surface area contributed by atoms with E-state index in [0.29, 0.717) is 24.4 Å². The number of likely N-dealkylation sites (tertiary alicyclic amines) is 1. The standard InChI is InChI=1S/C25H31N3O2/c1-26(11-5-8-19-6-3-2-4-7-19)15-21-9-10-24-22-12-20(14-28(24)25(21)29)13-27(16-22)23-17-30-18-23/h2-10,20,22-23H,11-18H2,1H3/b8-5+/t20-,22+/m0/s1. The van der Waals surface area contributed by atoms with Gasteiger partial charge in [0.25, 0.3) is 5.56 Å². The quantitative estimate of drug-likeness (QED) is 0.741. The highest BCUT2D eigenvalue weighted by Crippen LogP contribution is 2.36. The van der Waals surface area contributed by atoms with Crippen molar-refractivity contribution in [3.8, 4) is 0 Å². The van der Waals surface area contributed by atoms with Crippen LogP contribution in [-0.2, 0) is 17.8 Å². The third-order valence-corrected chi connectivity index (χ3v) is 6.82. The fraction of sp³-hybridized carbons (Fsp3) is 0.480. The van der Waals surface area contributed by atoms with Crippen molar-refractivity contribution >= 4 is 6.08 Å². The van der Waals surface area contributed by atoms with E-state index >= 15 is 0 Å². The normalized spacial score (nSPS) is 24.2. The maximum Gasteiger partial charge on any atom is 0.255 e. The number of aromatic nitrogens is 1. The van der Waals surface area contributed by atoms with E-state index in [9.17, 15) is 4.79 Å². The minimum Gasteiger partial charge on any atom is -0.378 e. The number of pyridine rings is 1. The smallest absolute Gasteiger partial charge is 0.255 e. The van der Waals surface area contributed by atoms with Crippen LogP contribution in [0.5, 0.6) is 0 Å². The number of piperidine rings is 1. The number of benzene rings is 1. The molecule has 1 aromatic heterocycles. The van der Waals surface area contributed by atoms with E-state index in [0.717, 1.165) is 45.0 Å². The molecule has 2 aromatic rings. The second-order valence-corrected chi connectivity index (χ2v) is 9.15. The molecule has 2 fully saturated rings. The lowest BCUT2D eigenvalue weighted by Gasteiger charge is -2.47. The number of likely N-dealkylation sites (N-methyl/N-ethyl adjacent to an activating group) is 1. The van der Waals surface area contributed by atoms with Gasteiger partial charge in [-0.2, -0.15) is 0 Å². The van der Waals surface area contributed by atoms with Crippen LogP contribution in [0.25, 0.3) is 6.08 Å². The van der Waals surface area contributed by atoms with E-state index in [-0.39, 0.29) is 5.56 Å². The van der Waals surface area contributed by atoms with Gasteiger partial charge in [-0.3, -0.25) is 14.6 Å². The molecule has 2 saturated heterocycles. The van der Waals surface area contributed by atoms with E-state index in [4.69, 9.17) is 4.74 Å². The average molecular weight is 406 g/mol. The summed E-state index contributed by atoms with van der Waals surface area (Å²) in [5.74, 6) is 1.06. The first-order chi connectivity index (χ1) is 14.7. The Morgan fingerprint density at radius 3 is 2.70 bits per heavy atom. The maximum absolute atomic E-state index is 13.2. The molecule has 3 aliphatic rings. The Kier molecular flexibility index (Phi) is 5.59. The van der Waals surface area contributed by atoms with Gasteiger partial charge in [-0.15, -0.1) is 0 Å². The van der Waals surface area contributed by atoms with Crippen LogP contribution in [0.3, 0.4) is 0 Å². The molecule has 3 aliphatic heterocycles. The molecule has 5 rings (SSSR count). The van der Waals surface area contributed by atoms with Crippen LogP contribution < -0.4 is 5.56 Å². The molecule has 0 aliphatic carbocycles. The molecule has 158 valence electrons. The molecule has 5 heteroatoms. The predicted octanol–water partition coefficient (Wildman–Crippen LogP) is 2.81. The molecular weight excluding hydrogens is 374 g/mol. The van der Waals surface area contributed by atoms with E-state index in [1.807, 2.05) is 18.2 Å². The maximum atomic E-state index is 13.2. The van der Waals surface area contributed by atoms with Crippen molar-refractivity contribution in [3.63, 3.8) is 0 Å². The Labute approximate surface area is 178 Å². The zero-order chi connectivity index (χ0) is 20.5. The Morgan fingerprint density at radius 1 is 1.10 bits per heavy atom. The Balaban J connectivity index is 1.26. The van der Waals surface area contributed by atoms with Crippen LogP contribution in [0.4, 0.5) is 0 Å². The van der Waals surface area contributed by atoms with Crippen molar-refractivity contribution in [1.82, 2.24) is 14.4 Å². The molecule has 2 bridgehead atoms. The van der Waals surface area contributed by atoms with E-state index in [2.05, 4.69) is 57.8 Å². The minimum atomic E-state index is 0.210. The number of ether oxygens (including phenoxy) is 1. The summed E-state index contributed by atoms with van der Waals surface area (Å²) >= 11 is 0. The molecule has 4 heterocycles. The van der Waals surface area contributed by atoms with Gasteiger partial charge in [0, 0.05) is 49.9 Å². The number of hydrogen-bond acceptors (Lipinski definition) is 4. The van der Waals surface area contributed by atoms with Gasteiger partial charge < -0.3 is 9.30 Å². The van der Waals surface area contributed by atoms with Gasteiger partial charge in [-0.25, -0.2) is 0 Å². The van der Waals surface area contributed by atoms with Crippen LogP contribution in [-0.4, -0.2) is 60.3 Å². The van der Waals surface area contributed by atoms with E-state index in [1.165, 1.54) is 17.7 Å². The summed E-state index contributed by atoms with van der Waals surface area (Å²) in [6.07, 6.45) is 5.51. The fourth-order valence-corrected chi connectivity index (χ4v) is 5.17. The van der Waals surface area contributed by atoms with Gasteiger partial charge in [0.15, 0.2) is 0 Å². The Hall–Kier alpha value is -2.21. The Bertz CT molecular complexity index is 964. The number of fused-ring (bicyclic) bond motifs is 4. The number of rotatable bonds is 6. The first-order valence-corrected chi connectivity index (χ1v) is 11.1. The summed E-state index contributed by atoms with van der Waals surface area (Å²) in [6.45, 7) is 6.27. The van der Waals surface area contributed by atoms with E-state index in [1.54, 1.807) is 0 Å². The molecule has 0 spiro atoms. The molecular formula is C25H31N3O2. The van der Waals surface area contributed by atoms with E-state index < -0.39 is 0 Å². The van der Waals surface area contributed by atoms with Crippen LogP contribution >= 0.6 is 0 Å². The van der Waals surface area contributed by atoms with Crippen LogP contribution in [0, 0.1) is 5.92 Å². The van der Waals surface area contributed by atoms with Gasteiger partial charge in [-0.1, -0.05) is 48.6 Å². The van der Waals surface area contributed by atoms with Gasteiger partial charge in [0.05, 0.1) is 19.3 Å². The summed E-state index contributed by atoms with van der Waals surface area (Å²) in [4.78, 5) is 18.0. The number of hydrogen-bond donors (Lipinski definition) is 0. The average Bonchev–Trinajstić information content (AvgIpc) is 2.70. The summed E-state index contributed by atoms with van der Waals surface area (Å²) in [5.41, 5.74) is 3.55. The zero-order valence-electron chi connectivity index (χ0n) is 17.7. The van der Waals surface area contributed by atoms with Crippen LogP contribution in [0.1, 0.15) is 29.2 Å². The Morgan fingerprint density at radius 2 is 1.93 bits per heavy atom. The fourth-order valence-electron chi connectivity index (χ4n) is 5.17. The van der Waals surface area contributed by atoms with Crippen molar-refractivity contribution in [2.24, 2.45) is 5.92 Å². The summed E-state index contributed by atoms with van der Waals surface area (Å²) in [6, 6.07) is 15.2. The van der Waals surface area contributed by atoms with Crippen molar-refractivity contribution < 1.29 is 4.74 Å². The minimum absolute atomic E-state index is 0.210. The SMILES string of the molecule is CN(C/C=C/c1ccccc1)Cc1ccc2n(c1=O)C[C@H]1C[C@@H]2CN(C2COC2)C1. The number of nitrogens with zero attached hydrogens (tertiary/aromatic N) is 3. The molecule has 5 nitrogen and oxygen atoms in total. The highest BCUT2D eigenvalue weighted by molar-refractivity contribution is 5.48. The molecule has 0 saturated carbocycles. The lowest BCUT2D eigenvalue weighted by molar-refractivity contribution is -0.0827. The molecule has 0 amide bonds. The molecule has 1 aromatic carbocycles. The van der Waals surface area contributed by atoms with Gasteiger partial charge in [0.2, 0.25) is 0 Å². The van der Waals surface area contributed by atoms with Crippen molar-refractivity contribution in [3.05, 3.63) is 75.7 Å². The second-order valence-electron chi connectivity index (χ2n) is 9.15. The highest BCUT2D eigenvalue weighted by Gasteiger charge is 2.39. The lowest BCUT2D eigenvalue weighted by Crippen LogP contribution is -2.56. The molecule has 30 heavy (non-hydrogen) atoms. The molecule has 0 radical (unpaired) electrons. The molecule has 0 N–H and O–H groups in total. The third-order valence-electron chi connectivity index (χ3n) is 6.82. The largest absolute Gasteiger partial charge is 0.378 e. The predicted molar refractivity (Wildman–Crippen MR) is 120 cm³/mol. The van der Waals surface area contributed by atoms with Gasteiger partial charge >= 0.3 is 0 Å². The van der Waals surface area contributed by atoms with Crippen molar-refractivity contribution in [2.75, 3.05) is 39.9 Å². The summed E-state index contributed by atoms with van der Waals surface area (Å²) in [7, 11) is 2.08. The van der Waals surface area contributed by atoms with Crippen molar-refractivity contribution in [2.45, 2.75) is 31.5 Å². The highest BCUT2D eigenvalue weighted by atomic mass is 16.5. The third kappa shape index (κ3) is 4.02. The van der Waals surface area contributed by atoms with Crippen LogP contribution in [0.2, 0.25) is 0 Å². The lowest BCUT2D eigenvalue weighted by atomic mass is 9.82. The second kappa shape index (κ2) is 8.50. The van der Waals surface area contributed by atoms with Crippen molar-refractivity contribution in [1.29, 1.82) is 0 Å². The van der Waals surface area contributed by atoms with Gasteiger partial charge in [-0.05, 0) is 31.0 Å². The monoisotopic (exact) mass is 405 g/mol.